The molecule has 2 fully saturated rings. The maximum atomic E-state index is 10.0. The van der Waals surface area contributed by atoms with Gasteiger partial charge < -0.3 is 19.6 Å². The molecule has 0 atom stereocenters. The summed E-state index contributed by atoms with van der Waals surface area (Å²) in [4.78, 5) is 19.3. The summed E-state index contributed by atoms with van der Waals surface area (Å²) in [5.74, 6) is 2.70. The van der Waals surface area contributed by atoms with E-state index in [1.165, 1.54) is 12.8 Å². The molecular weight excluding hydrogens is 466 g/mol. The molecule has 3 aliphatic rings. The maximum absolute atomic E-state index is 10.0. The molecule has 5 heterocycles. The van der Waals surface area contributed by atoms with E-state index in [1.54, 1.807) is 0 Å². The molecule has 10 heteroatoms. The Kier molecular flexibility index (Phi) is 6.72. The van der Waals surface area contributed by atoms with E-state index >= 15 is 0 Å². The summed E-state index contributed by atoms with van der Waals surface area (Å²) >= 11 is 0. The fourth-order valence-corrected chi connectivity index (χ4v) is 5.52. The van der Waals surface area contributed by atoms with Crippen molar-refractivity contribution in [2.24, 2.45) is 0 Å². The van der Waals surface area contributed by atoms with Crippen molar-refractivity contribution in [3.8, 4) is 17.3 Å². The van der Waals surface area contributed by atoms with Crippen LogP contribution < -0.4 is 14.5 Å². The number of hydrogen-bond acceptors (Lipinski definition) is 8. The largest absolute Gasteiger partial charge is 0.476 e. The van der Waals surface area contributed by atoms with Crippen LogP contribution in [0.15, 0.2) is 12.1 Å². The standard InChI is InChI=1S/C25H33N7O2.ClH/c1-16-24(27-19-6-5-13-34-25(19)26-16)20-14-22-28-21(31-11-3-4-12-31)15-23(32(22)29-20)30(2)17-7-9-18(33)10-8-17;/h14-15,17-18,33H,3-13H2,1-2H3;1H. The Bertz CT molecular complexity index is 1200. The van der Waals surface area contributed by atoms with Gasteiger partial charge in [0, 0.05) is 38.3 Å². The van der Waals surface area contributed by atoms with Gasteiger partial charge in [0.15, 0.2) is 5.65 Å². The van der Waals surface area contributed by atoms with E-state index in [2.05, 4.69) is 27.9 Å². The molecule has 0 bridgehead atoms. The molecule has 0 radical (unpaired) electrons. The lowest BCUT2D eigenvalue weighted by Gasteiger charge is -2.34. The zero-order valence-electron chi connectivity index (χ0n) is 20.5. The average Bonchev–Trinajstić information content (AvgIpc) is 3.53. The number of aromatic nitrogens is 5. The van der Waals surface area contributed by atoms with Crippen LogP contribution >= 0.6 is 12.4 Å². The van der Waals surface area contributed by atoms with Crippen LogP contribution in [0, 0.1) is 6.92 Å². The summed E-state index contributed by atoms with van der Waals surface area (Å²) in [5.41, 5.74) is 4.14. The van der Waals surface area contributed by atoms with Crippen molar-refractivity contribution in [1.82, 2.24) is 24.6 Å². The number of fused-ring (bicyclic) bond motifs is 2. The average molecular weight is 500 g/mol. The lowest BCUT2D eigenvalue weighted by atomic mass is 9.92. The Hall–Kier alpha value is -2.65. The minimum absolute atomic E-state index is 0. The van der Waals surface area contributed by atoms with Gasteiger partial charge in [0.05, 0.1) is 18.4 Å². The summed E-state index contributed by atoms with van der Waals surface area (Å²) in [6.07, 6.45) is 7.71. The van der Waals surface area contributed by atoms with Crippen LogP contribution in [0.2, 0.25) is 0 Å². The second-order valence-electron chi connectivity index (χ2n) is 9.90. The zero-order valence-corrected chi connectivity index (χ0v) is 21.3. The van der Waals surface area contributed by atoms with Crippen LogP contribution in [0.5, 0.6) is 5.88 Å². The van der Waals surface area contributed by atoms with Crippen LogP contribution in [-0.2, 0) is 6.42 Å². The molecule has 2 aliphatic heterocycles. The quantitative estimate of drug-likeness (QED) is 0.582. The predicted octanol–water partition coefficient (Wildman–Crippen LogP) is 3.58. The first-order chi connectivity index (χ1) is 16.6. The fraction of sp³-hybridized carbons (Fsp3) is 0.600. The monoisotopic (exact) mass is 499 g/mol. The number of aryl methyl sites for hydroxylation is 2. The molecule has 188 valence electrons. The molecule has 1 N–H and O–H groups in total. The van der Waals surface area contributed by atoms with Crippen LogP contribution in [0.1, 0.15) is 56.3 Å². The van der Waals surface area contributed by atoms with Crippen molar-refractivity contribution >= 4 is 29.7 Å². The van der Waals surface area contributed by atoms with E-state index in [0.29, 0.717) is 18.5 Å². The van der Waals surface area contributed by atoms with E-state index in [9.17, 15) is 5.11 Å². The Labute approximate surface area is 211 Å². The minimum Gasteiger partial charge on any atom is -0.476 e. The third-order valence-corrected chi connectivity index (χ3v) is 7.55. The number of halogens is 1. The third kappa shape index (κ3) is 4.51. The van der Waals surface area contributed by atoms with E-state index in [0.717, 1.165) is 91.7 Å². The molecule has 1 saturated carbocycles. The summed E-state index contributed by atoms with van der Waals surface area (Å²) in [5, 5.41) is 15.0. The molecule has 35 heavy (non-hydrogen) atoms. The number of rotatable bonds is 4. The van der Waals surface area contributed by atoms with E-state index in [1.807, 2.05) is 17.5 Å². The topological polar surface area (TPSA) is 91.9 Å². The van der Waals surface area contributed by atoms with Crippen molar-refractivity contribution < 1.29 is 9.84 Å². The molecule has 0 amide bonds. The first-order valence-electron chi connectivity index (χ1n) is 12.6. The summed E-state index contributed by atoms with van der Waals surface area (Å²) in [7, 11) is 2.15. The first kappa shape index (κ1) is 24.1. The van der Waals surface area contributed by atoms with Gasteiger partial charge in [-0.2, -0.15) is 9.61 Å². The zero-order chi connectivity index (χ0) is 23.2. The van der Waals surface area contributed by atoms with Crippen LogP contribution in [-0.4, -0.2) is 68.6 Å². The molecule has 1 saturated heterocycles. The Morgan fingerprint density at radius 1 is 1.03 bits per heavy atom. The Morgan fingerprint density at radius 2 is 1.80 bits per heavy atom. The van der Waals surface area contributed by atoms with Gasteiger partial charge >= 0.3 is 0 Å². The molecule has 0 aromatic carbocycles. The number of ether oxygens (including phenoxy) is 1. The highest BCUT2D eigenvalue weighted by Gasteiger charge is 2.27. The highest BCUT2D eigenvalue weighted by atomic mass is 35.5. The number of anilines is 2. The lowest BCUT2D eigenvalue weighted by Crippen LogP contribution is -2.37. The summed E-state index contributed by atoms with van der Waals surface area (Å²) in [6.45, 7) is 4.75. The molecule has 9 nitrogen and oxygen atoms in total. The van der Waals surface area contributed by atoms with Gasteiger partial charge in [-0.1, -0.05) is 0 Å². The second-order valence-corrected chi connectivity index (χ2v) is 9.90. The lowest BCUT2D eigenvalue weighted by molar-refractivity contribution is 0.122. The van der Waals surface area contributed by atoms with Crippen molar-refractivity contribution in [2.75, 3.05) is 36.5 Å². The van der Waals surface area contributed by atoms with E-state index in [4.69, 9.17) is 19.8 Å². The van der Waals surface area contributed by atoms with Crippen molar-refractivity contribution in [2.45, 2.75) is 70.4 Å². The Morgan fingerprint density at radius 3 is 2.57 bits per heavy atom. The van der Waals surface area contributed by atoms with Gasteiger partial charge in [0.2, 0.25) is 5.88 Å². The minimum atomic E-state index is -0.173. The maximum Gasteiger partial charge on any atom is 0.235 e. The molecule has 1 aliphatic carbocycles. The van der Waals surface area contributed by atoms with Gasteiger partial charge in [-0.25, -0.2) is 15.0 Å². The molecule has 6 rings (SSSR count). The van der Waals surface area contributed by atoms with Gasteiger partial charge in [0.1, 0.15) is 28.7 Å². The van der Waals surface area contributed by atoms with Crippen LogP contribution in [0.3, 0.4) is 0 Å². The molecular formula is C25H34ClN7O2. The van der Waals surface area contributed by atoms with Crippen molar-refractivity contribution in [3.05, 3.63) is 23.5 Å². The van der Waals surface area contributed by atoms with Gasteiger partial charge in [0.25, 0.3) is 0 Å². The first-order valence-corrected chi connectivity index (χ1v) is 12.6. The van der Waals surface area contributed by atoms with Crippen LogP contribution in [0.4, 0.5) is 11.6 Å². The normalized spacial score (nSPS) is 22.0. The highest BCUT2D eigenvalue weighted by molar-refractivity contribution is 5.85. The van der Waals surface area contributed by atoms with Gasteiger partial charge in [-0.3, -0.25) is 0 Å². The number of aliphatic hydroxyl groups is 1. The van der Waals surface area contributed by atoms with E-state index < -0.39 is 0 Å². The number of aliphatic hydroxyl groups excluding tert-OH is 1. The van der Waals surface area contributed by atoms with Gasteiger partial charge in [-0.15, -0.1) is 12.4 Å². The SMILES string of the molecule is Cc1nc2c(nc1-c1cc3nc(N4CCCC4)cc(N(C)C4CCC(O)CC4)n3n1)CCCO2.Cl. The second kappa shape index (κ2) is 9.78. The third-order valence-electron chi connectivity index (χ3n) is 7.55. The van der Waals surface area contributed by atoms with Crippen molar-refractivity contribution in [1.29, 1.82) is 0 Å². The smallest absolute Gasteiger partial charge is 0.235 e. The highest BCUT2D eigenvalue weighted by Crippen LogP contribution is 2.32. The predicted molar refractivity (Wildman–Crippen MR) is 138 cm³/mol. The summed E-state index contributed by atoms with van der Waals surface area (Å²) < 4.78 is 7.67. The molecule has 3 aromatic rings. The molecule has 3 aromatic heterocycles. The van der Waals surface area contributed by atoms with Crippen LogP contribution in [0.25, 0.3) is 17.0 Å². The summed E-state index contributed by atoms with van der Waals surface area (Å²) in [6, 6.07) is 4.59. The molecule has 0 spiro atoms. The number of hydrogen-bond donors (Lipinski definition) is 1. The fourth-order valence-electron chi connectivity index (χ4n) is 5.52. The van der Waals surface area contributed by atoms with Gasteiger partial charge in [-0.05, 0) is 58.3 Å². The Balaban J connectivity index is 0.00000253. The van der Waals surface area contributed by atoms with Crippen molar-refractivity contribution in [3.63, 3.8) is 0 Å². The van der Waals surface area contributed by atoms with E-state index in [-0.39, 0.29) is 18.5 Å². The molecule has 0 unspecified atom stereocenters. The number of nitrogens with zero attached hydrogens (tertiary/aromatic N) is 7.